The molecule has 102 valence electrons. The van der Waals surface area contributed by atoms with Crippen molar-refractivity contribution >= 4 is 21.9 Å². The molecule has 0 atom stereocenters. The van der Waals surface area contributed by atoms with Crippen molar-refractivity contribution in [3.63, 3.8) is 0 Å². The van der Waals surface area contributed by atoms with Crippen molar-refractivity contribution in [2.45, 2.75) is 6.18 Å². The molecule has 0 saturated carbocycles. The highest BCUT2D eigenvalue weighted by molar-refractivity contribution is 9.09. The molecule has 0 spiro atoms. The van der Waals surface area contributed by atoms with Crippen LogP contribution in [-0.2, 0) is 10.9 Å². The summed E-state index contributed by atoms with van der Waals surface area (Å²) in [6.07, 6.45) is -3.35. The highest BCUT2D eigenvalue weighted by Crippen LogP contribution is 2.28. The summed E-state index contributed by atoms with van der Waals surface area (Å²) in [5.74, 6) is 0.0568. The van der Waals surface area contributed by atoms with Crippen LogP contribution in [0.1, 0.15) is 5.69 Å². The molecule has 0 radical (unpaired) electrons. The Morgan fingerprint density at radius 3 is 2.67 bits per heavy atom. The molecule has 18 heavy (non-hydrogen) atoms. The first-order chi connectivity index (χ1) is 8.49. The molecule has 0 aromatic carbocycles. The van der Waals surface area contributed by atoms with Crippen molar-refractivity contribution < 1.29 is 17.9 Å². The molecule has 0 fully saturated rings. The molecular weight excluding hydrogens is 315 g/mol. The van der Waals surface area contributed by atoms with E-state index in [1.165, 1.54) is 7.11 Å². The van der Waals surface area contributed by atoms with E-state index >= 15 is 0 Å². The number of ether oxygens (including phenoxy) is 1. The summed E-state index contributed by atoms with van der Waals surface area (Å²) < 4.78 is 42.5. The van der Waals surface area contributed by atoms with Crippen LogP contribution < -0.4 is 4.90 Å². The Morgan fingerprint density at radius 1 is 1.39 bits per heavy atom. The Kier molecular flexibility index (Phi) is 5.80. The number of methoxy groups -OCH3 is 1. The molecule has 1 aromatic rings. The van der Waals surface area contributed by atoms with Crippen molar-refractivity contribution in [3.05, 3.63) is 18.0 Å². The molecule has 0 N–H and O–H groups in total. The van der Waals surface area contributed by atoms with Crippen LogP contribution in [0.5, 0.6) is 0 Å². The average Bonchev–Trinajstić information content (AvgIpc) is 2.33. The summed E-state index contributed by atoms with van der Waals surface area (Å²) in [6, 6.07) is 0.853. The number of aromatic nitrogens is 2. The van der Waals surface area contributed by atoms with E-state index in [0.717, 1.165) is 12.3 Å². The maximum atomic E-state index is 12.5. The molecule has 0 aliphatic carbocycles. The maximum Gasteiger partial charge on any atom is 0.433 e. The molecule has 0 bridgehead atoms. The van der Waals surface area contributed by atoms with E-state index in [4.69, 9.17) is 4.74 Å². The standard InChI is InChI=1S/C10H13BrF3N3O/c1-18-7-6-17(5-3-11)9-15-4-2-8(16-9)10(12,13)14/h2,4H,3,5-7H2,1H3. The average molecular weight is 328 g/mol. The third-order valence-corrected chi connectivity index (χ3v) is 2.49. The molecular formula is C10H13BrF3N3O. The lowest BCUT2D eigenvalue weighted by Crippen LogP contribution is -2.31. The summed E-state index contributed by atoms with van der Waals surface area (Å²) in [7, 11) is 1.53. The number of hydrogen-bond acceptors (Lipinski definition) is 4. The summed E-state index contributed by atoms with van der Waals surface area (Å²) >= 11 is 3.24. The van der Waals surface area contributed by atoms with E-state index in [9.17, 15) is 13.2 Å². The van der Waals surface area contributed by atoms with Gasteiger partial charge < -0.3 is 9.64 Å². The van der Waals surface area contributed by atoms with E-state index in [0.29, 0.717) is 25.0 Å². The Balaban J connectivity index is 2.90. The van der Waals surface area contributed by atoms with Crippen LogP contribution in [0.3, 0.4) is 0 Å². The second-order valence-electron chi connectivity index (χ2n) is 3.41. The van der Waals surface area contributed by atoms with E-state index in [1.807, 2.05) is 0 Å². The SMILES string of the molecule is COCCN(CCBr)c1nccc(C(F)(F)F)n1. The number of alkyl halides is 4. The molecule has 4 nitrogen and oxygen atoms in total. The van der Waals surface area contributed by atoms with Gasteiger partial charge in [-0.05, 0) is 6.07 Å². The van der Waals surface area contributed by atoms with Crippen LogP contribution >= 0.6 is 15.9 Å². The first-order valence-corrected chi connectivity index (χ1v) is 6.31. The Labute approximate surface area is 111 Å². The predicted molar refractivity (Wildman–Crippen MR) is 64.9 cm³/mol. The predicted octanol–water partition coefficient (Wildman–Crippen LogP) is 2.34. The van der Waals surface area contributed by atoms with Gasteiger partial charge in [0, 0.05) is 31.7 Å². The van der Waals surface area contributed by atoms with Gasteiger partial charge >= 0.3 is 6.18 Å². The molecule has 1 aromatic heterocycles. The zero-order valence-electron chi connectivity index (χ0n) is 9.74. The summed E-state index contributed by atoms with van der Waals surface area (Å²) in [6.45, 7) is 1.33. The zero-order valence-corrected chi connectivity index (χ0v) is 11.3. The summed E-state index contributed by atoms with van der Waals surface area (Å²) in [5.41, 5.74) is -0.940. The van der Waals surface area contributed by atoms with Gasteiger partial charge in [-0.2, -0.15) is 13.2 Å². The lowest BCUT2D eigenvalue weighted by atomic mass is 10.4. The van der Waals surface area contributed by atoms with E-state index in [1.54, 1.807) is 4.90 Å². The number of nitrogens with zero attached hydrogens (tertiary/aromatic N) is 3. The highest BCUT2D eigenvalue weighted by Gasteiger charge is 2.33. The number of rotatable bonds is 6. The fourth-order valence-electron chi connectivity index (χ4n) is 1.27. The Bertz CT molecular complexity index is 376. The van der Waals surface area contributed by atoms with Gasteiger partial charge in [-0.15, -0.1) is 0 Å². The molecule has 1 rings (SSSR count). The third kappa shape index (κ3) is 4.41. The lowest BCUT2D eigenvalue weighted by molar-refractivity contribution is -0.141. The van der Waals surface area contributed by atoms with Crippen molar-refractivity contribution in [3.8, 4) is 0 Å². The lowest BCUT2D eigenvalue weighted by Gasteiger charge is -2.21. The largest absolute Gasteiger partial charge is 0.433 e. The van der Waals surface area contributed by atoms with Gasteiger partial charge in [0.05, 0.1) is 6.61 Å². The van der Waals surface area contributed by atoms with Crippen molar-refractivity contribution in [1.82, 2.24) is 9.97 Å². The summed E-state index contributed by atoms with van der Waals surface area (Å²) in [5, 5.41) is 0.607. The van der Waals surface area contributed by atoms with Gasteiger partial charge in [0.15, 0.2) is 0 Å². The van der Waals surface area contributed by atoms with E-state index < -0.39 is 11.9 Å². The van der Waals surface area contributed by atoms with Gasteiger partial charge in [-0.3, -0.25) is 0 Å². The molecule has 8 heteroatoms. The smallest absolute Gasteiger partial charge is 0.383 e. The first-order valence-electron chi connectivity index (χ1n) is 5.19. The first kappa shape index (κ1) is 15.2. The van der Waals surface area contributed by atoms with Crippen LogP contribution in [0.4, 0.5) is 19.1 Å². The number of anilines is 1. The minimum atomic E-state index is -4.46. The minimum absolute atomic E-state index is 0.0568. The van der Waals surface area contributed by atoms with Gasteiger partial charge in [0.2, 0.25) is 5.95 Å². The van der Waals surface area contributed by atoms with Crippen molar-refractivity contribution in [1.29, 1.82) is 0 Å². The molecule has 0 aliphatic rings. The van der Waals surface area contributed by atoms with Crippen LogP contribution in [0, 0.1) is 0 Å². The molecule has 0 amide bonds. The van der Waals surface area contributed by atoms with Crippen molar-refractivity contribution in [2.24, 2.45) is 0 Å². The van der Waals surface area contributed by atoms with Crippen LogP contribution in [0.25, 0.3) is 0 Å². The molecule has 1 heterocycles. The number of halogens is 4. The van der Waals surface area contributed by atoms with Crippen LogP contribution in [0.2, 0.25) is 0 Å². The highest BCUT2D eigenvalue weighted by atomic mass is 79.9. The molecule has 0 unspecified atom stereocenters. The number of hydrogen-bond donors (Lipinski definition) is 0. The van der Waals surface area contributed by atoms with Crippen LogP contribution in [0.15, 0.2) is 12.3 Å². The third-order valence-electron chi connectivity index (χ3n) is 2.14. The quantitative estimate of drug-likeness (QED) is 0.752. The monoisotopic (exact) mass is 327 g/mol. The minimum Gasteiger partial charge on any atom is -0.383 e. The van der Waals surface area contributed by atoms with E-state index in [2.05, 4.69) is 25.9 Å². The van der Waals surface area contributed by atoms with Crippen LogP contribution in [-0.4, -0.2) is 42.1 Å². The summed E-state index contributed by atoms with van der Waals surface area (Å²) in [4.78, 5) is 9.02. The fourth-order valence-corrected chi connectivity index (χ4v) is 1.70. The fraction of sp³-hybridized carbons (Fsp3) is 0.600. The Morgan fingerprint density at radius 2 is 2.11 bits per heavy atom. The van der Waals surface area contributed by atoms with Gasteiger partial charge in [0.25, 0.3) is 0 Å². The molecule has 0 saturated heterocycles. The topological polar surface area (TPSA) is 38.2 Å². The zero-order chi connectivity index (χ0) is 13.6. The van der Waals surface area contributed by atoms with Gasteiger partial charge in [0.1, 0.15) is 5.69 Å². The normalized spacial score (nSPS) is 11.6. The van der Waals surface area contributed by atoms with Crippen molar-refractivity contribution in [2.75, 3.05) is 37.0 Å². The second-order valence-corrected chi connectivity index (χ2v) is 4.20. The maximum absolute atomic E-state index is 12.5. The van der Waals surface area contributed by atoms with Gasteiger partial charge in [-0.25, -0.2) is 9.97 Å². The van der Waals surface area contributed by atoms with E-state index in [-0.39, 0.29) is 5.95 Å². The van der Waals surface area contributed by atoms with Gasteiger partial charge in [-0.1, -0.05) is 15.9 Å². The Hall–Kier alpha value is -0.890. The second kappa shape index (κ2) is 6.89. The molecule has 0 aliphatic heterocycles.